The van der Waals surface area contributed by atoms with Gasteiger partial charge in [0.25, 0.3) is 0 Å². The van der Waals surface area contributed by atoms with Crippen LogP contribution in [0.1, 0.15) is 11.3 Å². The third-order valence-corrected chi connectivity index (χ3v) is 2.45. The van der Waals surface area contributed by atoms with Gasteiger partial charge >= 0.3 is 5.97 Å². The lowest BCUT2D eigenvalue weighted by molar-refractivity contribution is -0.144. The van der Waals surface area contributed by atoms with Gasteiger partial charge in [-0.05, 0) is 37.3 Å². The number of aryl methyl sites for hydroxylation is 1. The van der Waals surface area contributed by atoms with Gasteiger partial charge in [-0.3, -0.25) is 4.68 Å². The molecular weight excluding hydrogens is 263 g/mol. The lowest BCUT2D eigenvalue weighted by Crippen LogP contribution is -2.17. The smallest absolute Gasteiger partial charge is 0.356 e. The highest BCUT2D eigenvalue weighted by Gasteiger charge is 2.06. The zero-order chi connectivity index (χ0) is 14.5. The van der Waals surface area contributed by atoms with Gasteiger partial charge in [-0.25, -0.2) is 9.18 Å². The maximum absolute atomic E-state index is 12.7. The first-order valence-electron chi connectivity index (χ1n) is 5.84. The topological polar surface area (TPSA) is 82.5 Å². The van der Waals surface area contributed by atoms with Gasteiger partial charge in [0.15, 0.2) is 5.84 Å². The van der Waals surface area contributed by atoms with Crippen molar-refractivity contribution in [3.8, 4) is 0 Å². The second-order valence-corrected chi connectivity index (χ2v) is 4.10. The number of aromatic nitrogens is 2. The Kier molecular flexibility index (Phi) is 4.09. The van der Waals surface area contributed by atoms with E-state index in [0.29, 0.717) is 5.56 Å². The van der Waals surface area contributed by atoms with Crippen LogP contribution in [0.4, 0.5) is 4.39 Å². The van der Waals surface area contributed by atoms with Crippen molar-refractivity contribution >= 4 is 11.8 Å². The number of hydrogen-bond acceptors (Lipinski definition) is 4. The van der Waals surface area contributed by atoms with Gasteiger partial charge in [-0.2, -0.15) is 5.10 Å². The number of oxime groups is 1. The van der Waals surface area contributed by atoms with Crippen LogP contribution in [0.15, 0.2) is 41.7 Å². The number of halogens is 1. The van der Waals surface area contributed by atoms with Crippen molar-refractivity contribution < 1.29 is 14.0 Å². The van der Waals surface area contributed by atoms with Crippen molar-refractivity contribution in [1.29, 1.82) is 0 Å². The molecule has 2 rings (SSSR count). The molecule has 0 spiro atoms. The van der Waals surface area contributed by atoms with E-state index in [-0.39, 0.29) is 18.2 Å². The zero-order valence-corrected chi connectivity index (χ0v) is 10.8. The molecule has 0 fully saturated rings. The summed E-state index contributed by atoms with van der Waals surface area (Å²) in [6, 6.07) is 7.14. The lowest BCUT2D eigenvalue weighted by atomic mass is 10.2. The van der Waals surface area contributed by atoms with Gasteiger partial charge in [-0.15, -0.1) is 0 Å². The quantitative estimate of drug-likeness (QED) is 0.393. The van der Waals surface area contributed by atoms with Crippen molar-refractivity contribution in [2.24, 2.45) is 10.9 Å². The molecule has 0 aliphatic rings. The predicted molar refractivity (Wildman–Crippen MR) is 70.2 cm³/mol. The minimum atomic E-state index is -0.599. The molecule has 0 bridgehead atoms. The zero-order valence-electron chi connectivity index (χ0n) is 10.8. The molecule has 7 heteroatoms. The second kappa shape index (κ2) is 5.96. The standard InChI is InChI=1S/C13H13FN4O2/c1-9-6-7-18(16-9)8-12(19)20-17-13(15)10-2-4-11(14)5-3-10/h2-7H,8H2,1H3,(H2,15,17). The number of carbonyl (C=O) groups is 1. The molecule has 1 aromatic heterocycles. The molecule has 0 radical (unpaired) electrons. The number of rotatable bonds is 4. The average Bonchev–Trinajstić information content (AvgIpc) is 2.82. The second-order valence-electron chi connectivity index (χ2n) is 4.10. The molecular formula is C13H13FN4O2. The Balaban J connectivity index is 1.94. The highest BCUT2D eigenvalue weighted by atomic mass is 19.1. The first-order valence-corrected chi connectivity index (χ1v) is 5.84. The van der Waals surface area contributed by atoms with Crippen LogP contribution in [-0.4, -0.2) is 21.6 Å². The summed E-state index contributed by atoms with van der Waals surface area (Å²) in [5, 5.41) is 7.55. The summed E-state index contributed by atoms with van der Waals surface area (Å²) < 4.78 is 14.2. The van der Waals surface area contributed by atoms with Gasteiger partial charge in [0.2, 0.25) is 0 Å². The lowest BCUT2D eigenvalue weighted by Gasteiger charge is -2.01. The van der Waals surface area contributed by atoms with Crippen LogP contribution in [0, 0.1) is 12.7 Å². The normalized spacial score (nSPS) is 11.4. The summed E-state index contributed by atoms with van der Waals surface area (Å²) in [7, 11) is 0. The molecule has 0 saturated heterocycles. The molecule has 0 aliphatic carbocycles. The Hall–Kier alpha value is -2.70. The van der Waals surface area contributed by atoms with E-state index in [4.69, 9.17) is 5.73 Å². The SMILES string of the molecule is Cc1ccn(CC(=O)O/N=C(\N)c2ccc(F)cc2)n1. The fraction of sp³-hybridized carbons (Fsp3) is 0.154. The maximum Gasteiger partial charge on any atom is 0.356 e. The van der Waals surface area contributed by atoms with Crippen molar-refractivity contribution in [2.45, 2.75) is 13.5 Å². The average molecular weight is 276 g/mol. The third-order valence-electron chi connectivity index (χ3n) is 2.45. The molecule has 2 N–H and O–H groups in total. The number of amidine groups is 1. The van der Waals surface area contributed by atoms with Crippen LogP contribution < -0.4 is 5.73 Å². The summed E-state index contributed by atoms with van der Waals surface area (Å²) in [4.78, 5) is 16.2. The molecule has 0 saturated carbocycles. The van der Waals surface area contributed by atoms with Crippen LogP contribution in [0.25, 0.3) is 0 Å². The van der Waals surface area contributed by atoms with E-state index in [1.807, 2.05) is 6.92 Å². The summed E-state index contributed by atoms with van der Waals surface area (Å²) in [6.07, 6.45) is 1.66. The van der Waals surface area contributed by atoms with E-state index in [0.717, 1.165) is 5.69 Å². The van der Waals surface area contributed by atoms with Crippen LogP contribution >= 0.6 is 0 Å². The van der Waals surface area contributed by atoms with E-state index >= 15 is 0 Å². The van der Waals surface area contributed by atoms with Crippen molar-refractivity contribution in [3.05, 3.63) is 53.6 Å². The summed E-state index contributed by atoms with van der Waals surface area (Å²) >= 11 is 0. The summed E-state index contributed by atoms with van der Waals surface area (Å²) in [5.74, 6) is -0.985. The number of nitrogens with two attached hydrogens (primary N) is 1. The van der Waals surface area contributed by atoms with Gasteiger partial charge in [-0.1, -0.05) is 5.16 Å². The number of nitrogens with zero attached hydrogens (tertiary/aromatic N) is 3. The van der Waals surface area contributed by atoms with Crippen LogP contribution in [0.2, 0.25) is 0 Å². The molecule has 0 amide bonds. The molecule has 20 heavy (non-hydrogen) atoms. The molecule has 104 valence electrons. The Morgan fingerprint density at radius 3 is 2.70 bits per heavy atom. The maximum atomic E-state index is 12.7. The largest absolute Gasteiger partial charge is 0.380 e. The Labute approximate surface area is 114 Å². The van der Waals surface area contributed by atoms with E-state index in [9.17, 15) is 9.18 Å². The van der Waals surface area contributed by atoms with Crippen LogP contribution in [0.3, 0.4) is 0 Å². The van der Waals surface area contributed by atoms with Gasteiger partial charge in [0, 0.05) is 11.8 Å². The van der Waals surface area contributed by atoms with E-state index < -0.39 is 5.97 Å². The number of benzene rings is 1. The van der Waals surface area contributed by atoms with Gasteiger partial charge in [0.05, 0.1) is 5.69 Å². The predicted octanol–water partition coefficient (Wildman–Crippen LogP) is 1.19. The fourth-order valence-corrected chi connectivity index (χ4v) is 1.49. The van der Waals surface area contributed by atoms with Gasteiger partial charge < -0.3 is 10.6 Å². The summed E-state index contributed by atoms with van der Waals surface area (Å²) in [6.45, 7) is 1.75. The Morgan fingerprint density at radius 2 is 2.10 bits per heavy atom. The highest BCUT2D eigenvalue weighted by Crippen LogP contribution is 2.02. The minimum Gasteiger partial charge on any atom is -0.380 e. The van der Waals surface area contributed by atoms with Crippen LogP contribution in [-0.2, 0) is 16.2 Å². The first-order chi connectivity index (χ1) is 9.54. The molecule has 1 heterocycles. The molecule has 0 atom stereocenters. The summed E-state index contributed by atoms with van der Waals surface area (Å²) in [5.41, 5.74) is 6.88. The molecule has 0 unspecified atom stereocenters. The third kappa shape index (κ3) is 3.64. The molecule has 1 aromatic carbocycles. The van der Waals surface area contributed by atoms with Crippen molar-refractivity contribution in [3.63, 3.8) is 0 Å². The Morgan fingerprint density at radius 1 is 1.40 bits per heavy atom. The van der Waals surface area contributed by atoms with Crippen LogP contribution in [0.5, 0.6) is 0 Å². The van der Waals surface area contributed by atoms with E-state index in [1.165, 1.54) is 28.9 Å². The fourth-order valence-electron chi connectivity index (χ4n) is 1.49. The van der Waals surface area contributed by atoms with Crippen molar-refractivity contribution in [1.82, 2.24) is 9.78 Å². The molecule has 0 aliphatic heterocycles. The first kappa shape index (κ1) is 13.7. The molecule has 6 nitrogen and oxygen atoms in total. The van der Waals surface area contributed by atoms with Gasteiger partial charge in [0.1, 0.15) is 12.4 Å². The minimum absolute atomic E-state index is 0.00463. The highest BCUT2D eigenvalue weighted by molar-refractivity contribution is 5.97. The Bertz CT molecular complexity index is 634. The molecule has 2 aromatic rings. The van der Waals surface area contributed by atoms with E-state index in [2.05, 4.69) is 15.1 Å². The number of carbonyl (C=O) groups excluding carboxylic acids is 1. The monoisotopic (exact) mass is 276 g/mol. The number of hydrogen-bond donors (Lipinski definition) is 1. The van der Waals surface area contributed by atoms with Crippen molar-refractivity contribution in [2.75, 3.05) is 0 Å². The van der Waals surface area contributed by atoms with E-state index in [1.54, 1.807) is 12.3 Å².